The number of aromatic nitrogens is 3. The minimum atomic E-state index is -0.914. The summed E-state index contributed by atoms with van der Waals surface area (Å²) in [5.41, 5.74) is 0.0115. The van der Waals surface area contributed by atoms with Gasteiger partial charge in [-0.3, -0.25) is 4.90 Å². The number of benzene rings is 1. The average Bonchev–Trinajstić information content (AvgIpc) is 3.24. The SMILES string of the molecule is COc1ccc([C@@](C)(O)[C@H]2CCCN2Cc2nnc(C)n2C2CC2)cc1. The number of nitrogens with zero attached hydrogens (tertiary/aromatic N) is 4. The Balaban J connectivity index is 1.55. The number of methoxy groups -OCH3 is 1. The van der Waals surface area contributed by atoms with Crippen molar-refractivity contribution in [2.75, 3.05) is 13.7 Å². The molecular weight excluding hydrogens is 328 g/mol. The third kappa shape index (κ3) is 3.12. The summed E-state index contributed by atoms with van der Waals surface area (Å²) in [6.45, 7) is 5.68. The Morgan fingerprint density at radius 3 is 2.58 bits per heavy atom. The minimum absolute atomic E-state index is 0.0700. The molecule has 0 amide bonds. The van der Waals surface area contributed by atoms with Gasteiger partial charge in [0, 0.05) is 12.1 Å². The van der Waals surface area contributed by atoms with Crippen LogP contribution in [0.4, 0.5) is 0 Å². The number of likely N-dealkylation sites (tertiary alicyclic amines) is 1. The fourth-order valence-electron chi connectivity index (χ4n) is 4.28. The summed E-state index contributed by atoms with van der Waals surface area (Å²) in [4.78, 5) is 2.37. The Hall–Kier alpha value is -1.92. The number of rotatable bonds is 6. The molecule has 1 aromatic heterocycles. The summed E-state index contributed by atoms with van der Waals surface area (Å²) in [6, 6.07) is 8.40. The molecular formula is C20H28N4O2. The minimum Gasteiger partial charge on any atom is -0.497 e. The van der Waals surface area contributed by atoms with Crippen molar-refractivity contribution in [3.05, 3.63) is 41.5 Å². The lowest BCUT2D eigenvalue weighted by Gasteiger charge is -2.37. The van der Waals surface area contributed by atoms with Gasteiger partial charge in [0.15, 0.2) is 0 Å². The zero-order valence-corrected chi connectivity index (χ0v) is 15.9. The van der Waals surface area contributed by atoms with Gasteiger partial charge in [0.05, 0.1) is 13.7 Å². The predicted octanol–water partition coefficient (Wildman–Crippen LogP) is 2.80. The molecule has 0 bridgehead atoms. The number of aryl methyl sites for hydroxylation is 1. The molecule has 6 heteroatoms. The van der Waals surface area contributed by atoms with E-state index >= 15 is 0 Å². The van der Waals surface area contributed by atoms with Gasteiger partial charge in [-0.1, -0.05) is 12.1 Å². The normalized spacial score (nSPS) is 23.2. The van der Waals surface area contributed by atoms with Crippen LogP contribution in [0.5, 0.6) is 5.75 Å². The standard InChI is InChI=1S/C20H28N4O2/c1-14-21-22-19(24(14)16-8-9-16)13-23-12-4-5-18(23)20(2,25)15-6-10-17(26-3)11-7-15/h6-7,10-11,16,18,25H,4-5,8-9,12-13H2,1-3H3/t18-,20-/m1/s1. The zero-order chi connectivity index (χ0) is 18.3. The molecule has 0 unspecified atom stereocenters. The van der Waals surface area contributed by atoms with Gasteiger partial charge >= 0.3 is 0 Å². The molecule has 2 aliphatic rings. The Bertz CT molecular complexity index is 765. The van der Waals surface area contributed by atoms with Gasteiger partial charge in [-0.2, -0.15) is 0 Å². The summed E-state index contributed by atoms with van der Waals surface area (Å²) >= 11 is 0. The van der Waals surface area contributed by atoms with E-state index in [9.17, 15) is 5.11 Å². The molecule has 1 aromatic carbocycles. The fourth-order valence-corrected chi connectivity index (χ4v) is 4.28. The smallest absolute Gasteiger partial charge is 0.147 e. The van der Waals surface area contributed by atoms with Gasteiger partial charge in [-0.25, -0.2) is 0 Å². The number of ether oxygens (including phenoxy) is 1. The van der Waals surface area contributed by atoms with Crippen molar-refractivity contribution in [1.82, 2.24) is 19.7 Å². The highest BCUT2D eigenvalue weighted by molar-refractivity contribution is 5.31. The first-order valence-corrected chi connectivity index (χ1v) is 9.52. The quantitative estimate of drug-likeness (QED) is 0.862. The monoisotopic (exact) mass is 356 g/mol. The van der Waals surface area contributed by atoms with Crippen molar-refractivity contribution in [2.24, 2.45) is 0 Å². The lowest BCUT2D eigenvalue weighted by atomic mass is 9.86. The third-order valence-electron chi connectivity index (χ3n) is 5.88. The Morgan fingerprint density at radius 1 is 1.19 bits per heavy atom. The first kappa shape index (κ1) is 17.5. The van der Waals surface area contributed by atoms with Gasteiger partial charge in [0.2, 0.25) is 0 Å². The number of aliphatic hydroxyl groups is 1. The maximum Gasteiger partial charge on any atom is 0.147 e. The summed E-state index contributed by atoms with van der Waals surface area (Å²) in [5.74, 6) is 2.84. The van der Waals surface area contributed by atoms with Gasteiger partial charge in [-0.15, -0.1) is 10.2 Å². The van der Waals surface area contributed by atoms with E-state index in [4.69, 9.17) is 4.74 Å². The van der Waals surface area contributed by atoms with Crippen LogP contribution in [0, 0.1) is 6.92 Å². The second kappa shape index (κ2) is 6.67. The topological polar surface area (TPSA) is 63.4 Å². The largest absolute Gasteiger partial charge is 0.497 e. The van der Waals surface area contributed by atoms with E-state index in [0.29, 0.717) is 6.04 Å². The maximum absolute atomic E-state index is 11.4. The van der Waals surface area contributed by atoms with Crippen LogP contribution in [-0.4, -0.2) is 44.5 Å². The van der Waals surface area contributed by atoms with E-state index in [1.807, 2.05) is 38.1 Å². The second-order valence-electron chi connectivity index (χ2n) is 7.77. The highest BCUT2D eigenvalue weighted by atomic mass is 16.5. The van der Waals surface area contributed by atoms with Crippen LogP contribution in [-0.2, 0) is 12.1 Å². The van der Waals surface area contributed by atoms with Crippen molar-refractivity contribution in [2.45, 2.75) is 63.8 Å². The average molecular weight is 356 g/mol. The lowest BCUT2D eigenvalue weighted by molar-refractivity contribution is -0.0264. The molecule has 0 radical (unpaired) electrons. The third-order valence-corrected chi connectivity index (χ3v) is 5.88. The summed E-state index contributed by atoms with van der Waals surface area (Å²) in [6.07, 6.45) is 4.51. The summed E-state index contributed by atoms with van der Waals surface area (Å²) in [7, 11) is 1.66. The highest BCUT2D eigenvalue weighted by Gasteiger charge is 2.41. The highest BCUT2D eigenvalue weighted by Crippen LogP contribution is 2.39. The lowest BCUT2D eigenvalue weighted by Crippen LogP contribution is -2.45. The van der Waals surface area contributed by atoms with Crippen LogP contribution in [0.1, 0.15) is 55.9 Å². The molecule has 1 N–H and O–H groups in total. The maximum atomic E-state index is 11.4. The van der Waals surface area contributed by atoms with Gasteiger partial charge in [-0.05, 0) is 63.8 Å². The van der Waals surface area contributed by atoms with Crippen molar-refractivity contribution in [1.29, 1.82) is 0 Å². The second-order valence-corrected chi connectivity index (χ2v) is 7.77. The molecule has 26 heavy (non-hydrogen) atoms. The van der Waals surface area contributed by atoms with E-state index in [-0.39, 0.29) is 6.04 Å². The van der Waals surface area contributed by atoms with Crippen molar-refractivity contribution in [3.63, 3.8) is 0 Å². The molecule has 2 aromatic rings. The molecule has 0 spiro atoms. The molecule has 6 nitrogen and oxygen atoms in total. The van der Waals surface area contributed by atoms with E-state index in [0.717, 1.165) is 48.9 Å². The summed E-state index contributed by atoms with van der Waals surface area (Å²) in [5, 5.41) is 20.1. The van der Waals surface area contributed by atoms with Crippen LogP contribution < -0.4 is 4.74 Å². The molecule has 1 aliphatic heterocycles. The molecule has 1 aliphatic carbocycles. The molecule has 140 valence electrons. The predicted molar refractivity (Wildman–Crippen MR) is 99.0 cm³/mol. The van der Waals surface area contributed by atoms with Gasteiger partial charge < -0.3 is 14.4 Å². The van der Waals surface area contributed by atoms with Crippen LogP contribution in [0.25, 0.3) is 0 Å². The Kier molecular flexibility index (Phi) is 4.49. The van der Waals surface area contributed by atoms with Crippen LogP contribution in [0.3, 0.4) is 0 Å². The van der Waals surface area contributed by atoms with Gasteiger partial charge in [0.25, 0.3) is 0 Å². The van der Waals surface area contributed by atoms with E-state index < -0.39 is 5.60 Å². The Labute approximate surface area is 154 Å². The summed E-state index contributed by atoms with van der Waals surface area (Å²) < 4.78 is 7.53. The zero-order valence-electron chi connectivity index (χ0n) is 15.9. The van der Waals surface area contributed by atoms with Crippen molar-refractivity contribution >= 4 is 0 Å². The van der Waals surface area contributed by atoms with Crippen molar-refractivity contribution in [3.8, 4) is 5.75 Å². The molecule has 2 atom stereocenters. The number of hydrogen-bond donors (Lipinski definition) is 1. The van der Waals surface area contributed by atoms with Gasteiger partial charge in [0.1, 0.15) is 23.0 Å². The van der Waals surface area contributed by atoms with Crippen molar-refractivity contribution < 1.29 is 9.84 Å². The van der Waals surface area contributed by atoms with E-state index in [2.05, 4.69) is 19.7 Å². The molecule has 2 heterocycles. The molecule has 4 rings (SSSR count). The van der Waals surface area contributed by atoms with E-state index in [1.165, 1.54) is 12.8 Å². The molecule has 2 fully saturated rings. The van der Waals surface area contributed by atoms with E-state index in [1.54, 1.807) is 7.11 Å². The van der Waals surface area contributed by atoms with Crippen LogP contribution >= 0.6 is 0 Å². The first-order chi connectivity index (χ1) is 12.5. The number of hydrogen-bond acceptors (Lipinski definition) is 5. The fraction of sp³-hybridized carbons (Fsp3) is 0.600. The molecule has 1 saturated carbocycles. The Morgan fingerprint density at radius 2 is 1.92 bits per heavy atom. The van der Waals surface area contributed by atoms with Crippen LogP contribution in [0.15, 0.2) is 24.3 Å². The molecule has 1 saturated heterocycles. The first-order valence-electron chi connectivity index (χ1n) is 9.52. The van der Waals surface area contributed by atoms with Crippen LogP contribution in [0.2, 0.25) is 0 Å².